The molecule has 2 aromatic rings. The van der Waals surface area contributed by atoms with Crippen LogP contribution in [0.4, 0.5) is 13.2 Å². The number of alkyl halides is 3. The maximum Gasteiger partial charge on any atom is 0.416 e. The van der Waals surface area contributed by atoms with Crippen LogP contribution in [0, 0.1) is 0 Å². The minimum absolute atomic E-state index is 0.390. The number of halogens is 3. The summed E-state index contributed by atoms with van der Waals surface area (Å²) in [6, 6.07) is 5.56. The molecule has 7 heteroatoms. The van der Waals surface area contributed by atoms with Crippen molar-refractivity contribution in [2.45, 2.75) is 32.5 Å². The van der Waals surface area contributed by atoms with Gasteiger partial charge in [0.05, 0.1) is 5.56 Å². The zero-order valence-electron chi connectivity index (χ0n) is 11.7. The summed E-state index contributed by atoms with van der Waals surface area (Å²) in [6.07, 6.45) is -3.63. The summed E-state index contributed by atoms with van der Waals surface area (Å²) in [5.41, 5.74) is -0.219. The van der Waals surface area contributed by atoms with Gasteiger partial charge in [0, 0.05) is 24.6 Å². The number of hydrogen-bond acceptors (Lipinski definition) is 4. The Kier molecular flexibility index (Phi) is 4.95. The lowest BCUT2D eigenvalue weighted by Gasteiger charge is -2.07. The second-order valence-corrected chi connectivity index (χ2v) is 6.00. The lowest BCUT2D eigenvalue weighted by molar-refractivity contribution is -0.137. The molecule has 0 aliphatic carbocycles. The van der Waals surface area contributed by atoms with Gasteiger partial charge in [-0.3, -0.25) is 0 Å². The highest BCUT2D eigenvalue weighted by Gasteiger charge is 2.30. The monoisotopic (exact) mass is 315 g/mol. The molecular weight excluding hydrogens is 299 g/mol. The number of hydrogen-bond donors (Lipinski definition) is 1. The van der Waals surface area contributed by atoms with E-state index in [0.717, 1.165) is 30.1 Å². The fourth-order valence-electron chi connectivity index (χ4n) is 1.77. The van der Waals surface area contributed by atoms with Crippen LogP contribution in [-0.2, 0) is 12.6 Å². The Morgan fingerprint density at radius 1 is 1.24 bits per heavy atom. The number of aromatic nitrogens is 2. The topological polar surface area (TPSA) is 37.8 Å². The molecule has 0 aliphatic rings. The first-order chi connectivity index (χ1) is 9.86. The minimum atomic E-state index is -4.34. The van der Waals surface area contributed by atoms with Gasteiger partial charge in [-0.2, -0.15) is 13.2 Å². The van der Waals surface area contributed by atoms with E-state index in [1.165, 1.54) is 17.4 Å². The number of nitrogens with zero attached hydrogens (tertiary/aromatic N) is 2. The Labute approximate surface area is 125 Å². The molecule has 0 atom stereocenters. The standard InChI is InChI=1S/C14H16F3N3S/c1-9(2)18-7-6-12-19-20-13(21-12)10-4-3-5-11(8-10)14(15,16)17/h3-5,8-9,18H,6-7H2,1-2H3. The average molecular weight is 315 g/mol. The van der Waals surface area contributed by atoms with Crippen molar-refractivity contribution in [1.29, 1.82) is 0 Å². The van der Waals surface area contributed by atoms with Gasteiger partial charge < -0.3 is 5.32 Å². The van der Waals surface area contributed by atoms with Gasteiger partial charge in [-0.25, -0.2) is 0 Å². The molecule has 114 valence electrons. The van der Waals surface area contributed by atoms with Crippen molar-refractivity contribution in [2.24, 2.45) is 0 Å². The second kappa shape index (κ2) is 6.53. The zero-order chi connectivity index (χ0) is 15.5. The molecule has 1 N–H and O–H groups in total. The van der Waals surface area contributed by atoms with E-state index in [2.05, 4.69) is 15.5 Å². The second-order valence-electron chi connectivity index (χ2n) is 4.94. The van der Waals surface area contributed by atoms with E-state index in [0.29, 0.717) is 16.6 Å². The number of rotatable bonds is 5. The molecule has 1 aromatic carbocycles. The summed E-state index contributed by atoms with van der Waals surface area (Å²) < 4.78 is 38.1. The Bertz CT molecular complexity index is 593. The lowest BCUT2D eigenvalue weighted by atomic mass is 10.1. The first-order valence-electron chi connectivity index (χ1n) is 6.59. The van der Waals surface area contributed by atoms with E-state index in [9.17, 15) is 13.2 Å². The predicted octanol–water partition coefficient (Wildman–Crippen LogP) is 3.76. The molecule has 0 bridgehead atoms. The fourth-order valence-corrected chi connectivity index (χ4v) is 2.60. The predicted molar refractivity (Wildman–Crippen MR) is 77.2 cm³/mol. The Balaban J connectivity index is 2.11. The summed E-state index contributed by atoms with van der Waals surface area (Å²) in [5.74, 6) is 0. The third kappa shape index (κ3) is 4.50. The summed E-state index contributed by atoms with van der Waals surface area (Å²) in [5, 5.41) is 12.6. The zero-order valence-corrected chi connectivity index (χ0v) is 12.6. The molecular formula is C14H16F3N3S. The third-order valence-electron chi connectivity index (χ3n) is 2.80. The van der Waals surface area contributed by atoms with Gasteiger partial charge >= 0.3 is 6.18 Å². The van der Waals surface area contributed by atoms with Crippen LogP contribution in [0.15, 0.2) is 24.3 Å². The Hall–Kier alpha value is -1.47. The molecule has 1 aromatic heterocycles. The fraction of sp³-hybridized carbons (Fsp3) is 0.429. The van der Waals surface area contributed by atoms with Crippen molar-refractivity contribution in [3.05, 3.63) is 34.8 Å². The molecule has 3 nitrogen and oxygen atoms in total. The maximum absolute atomic E-state index is 12.7. The smallest absolute Gasteiger partial charge is 0.314 e. The van der Waals surface area contributed by atoms with Gasteiger partial charge in [-0.05, 0) is 12.1 Å². The first kappa shape index (κ1) is 15.9. The van der Waals surface area contributed by atoms with Crippen LogP contribution in [0.5, 0.6) is 0 Å². The molecule has 1 heterocycles. The van der Waals surface area contributed by atoms with Crippen molar-refractivity contribution in [1.82, 2.24) is 15.5 Å². The number of nitrogens with one attached hydrogen (secondary N) is 1. The molecule has 0 spiro atoms. The highest BCUT2D eigenvalue weighted by molar-refractivity contribution is 7.14. The minimum Gasteiger partial charge on any atom is -0.314 e. The molecule has 2 rings (SSSR count). The van der Waals surface area contributed by atoms with Crippen LogP contribution in [0.2, 0.25) is 0 Å². The molecule has 0 amide bonds. The molecule has 0 saturated heterocycles. The van der Waals surface area contributed by atoms with Gasteiger partial charge in [0.15, 0.2) is 0 Å². The number of benzene rings is 1. The van der Waals surface area contributed by atoms with Crippen LogP contribution in [0.1, 0.15) is 24.4 Å². The highest BCUT2D eigenvalue weighted by atomic mass is 32.1. The van der Waals surface area contributed by atoms with E-state index >= 15 is 0 Å². The van der Waals surface area contributed by atoms with E-state index in [1.54, 1.807) is 6.07 Å². The molecule has 0 aliphatic heterocycles. The molecule has 0 fully saturated rings. The summed E-state index contributed by atoms with van der Waals surface area (Å²) in [6.45, 7) is 4.87. The van der Waals surface area contributed by atoms with Crippen LogP contribution in [0.3, 0.4) is 0 Å². The van der Waals surface area contributed by atoms with Gasteiger partial charge in [0.2, 0.25) is 0 Å². The van der Waals surface area contributed by atoms with Gasteiger partial charge in [-0.15, -0.1) is 10.2 Å². The van der Waals surface area contributed by atoms with Crippen molar-refractivity contribution < 1.29 is 13.2 Å². The van der Waals surface area contributed by atoms with Crippen LogP contribution in [0.25, 0.3) is 10.6 Å². The molecule has 21 heavy (non-hydrogen) atoms. The maximum atomic E-state index is 12.7. The third-order valence-corrected chi connectivity index (χ3v) is 3.83. The SMILES string of the molecule is CC(C)NCCc1nnc(-c2cccc(C(F)(F)F)c2)s1. The van der Waals surface area contributed by atoms with Crippen LogP contribution < -0.4 is 5.32 Å². The van der Waals surface area contributed by atoms with Crippen molar-refractivity contribution >= 4 is 11.3 Å². The van der Waals surface area contributed by atoms with E-state index in [-0.39, 0.29) is 0 Å². The first-order valence-corrected chi connectivity index (χ1v) is 7.41. The van der Waals surface area contributed by atoms with Crippen molar-refractivity contribution in [3.63, 3.8) is 0 Å². The van der Waals surface area contributed by atoms with Crippen LogP contribution >= 0.6 is 11.3 Å². The average Bonchev–Trinajstić information content (AvgIpc) is 2.86. The normalized spacial score (nSPS) is 12.1. The molecule has 0 unspecified atom stereocenters. The summed E-state index contributed by atoms with van der Waals surface area (Å²) >= 11 is 1.33. The largest absolute Gasteiger partial charge is 0.416 e. The molecule has 0 radical (unpaired) electrons. The van der Waals surface area contributed by atoms with Crippen molar-refractivity contribution in [3.8, 4) is 10.6 Å². The Morgan fingerprint density at radius 2 is 2.00 bits per heavy atom. The quantitative estimate of drug-likeness (QED) is 0.913. The van der Waals surface area contributed by atoms with E-state index in [4.69, 9.17) is 0 Å². The Morgan fingerprint density at radius 3 is 2.67 bits per heavy atom. The van der Waals surface area contributed by atoms with Crippen molar-refractivity contribution in [2.75, 3.05) is 6.54 Å². The summed E-state index contributed by atoms with van der Waals surface area (Å²) in [4.78, 5) is 0. The van der Waals surface area contributed by atoms with E-state index in [1.807, 2.05) is 13.8 Å². The van der Waals surface area contributed by atoms with E-state index < -0.39 is 11.7 Å². The van der Waals surface area contributed by atoms with Gasteiger partial charge in [-0.1, -0.05) is 37.3 Å². The molecule has 0 saturated carbocycles. The summed E-state index contributed by atoms with van der Waals surface area (Å²) in [7, 11) is 0. The lowest BCUT2D eigenvalue weighted by Crippen LogP contribution is -2.24. The van der Waals surface area contributed by atoms with Gasteiger partial charge in [0.25, 0.3) is 0 Å². The van der Waals surface area contributed by atoms with Gasteiger partial charge in [0.1, 0.15) is 10.0 Å². The van der Waals surface area contributed by atoms with Crippen LogP contribution in [-0.4, -0.2) is 22.8 Å². The highest BCUT2D eigenvalue weighted by Crippen LogP contribution is 2.32.